The molecule has 0 radical (unpaired) electrons. The first-order chi connectivity index (χ1) is 13.8. The Morgan fingerprint density at radius 3 is 2.00 bits per heavy atom. The van der Waals surface area contributed by atoms with E-state index >= 15 is 0 Å². The van der Waals surface area contributed by atoms with Crippen LogP contribution >= 0.6 is 0 Å². The molecule has 0 unspecified atom stereocenters. The summed E-state index contributed by atoms with van der Waals surface area (Å²) in [6.07, 6.45) is 22.1. The Hall–Kier alpha value is -1.05. The van der Waals surface area contributed by atoms with Crippen LogP contribution in [0.25, 0.3) is 0 Å². The van der Waals surface area contributed by atoms with Crippen molar-refractivity contribution in [1.82, 2.24) is 4.98 Å². The molecule has 1 heterocycles. The van der Waals surface area contributed by atoms with Crippen molar-refractivity contribution in [3.63, 3.8) is 0 Å². The van der Waals surface area contributed by atoms with Crippen LogP contribution < -0.4 is 4.74 Å². The lowest BCUT2D eigenvalue weighted by Crippen LogP contribution is -2.26. The number of ether oxygens (including phenoxy) is 1. The Labute approximate surface area is 173 Å². The van der Waals surface area contributed by atoms with Gasteiger partial charge in [-0.15, -0.1) is 0 Å². The van der Waals surface area contributed by atoms with Crippen LogP contribution in [0.1, 0.15) is 103 Å². The van der Waals surface area contributed by atoms with E-state index in [1.54, 1.807) is 0 Å². The van der Waals surface area contributed by atoms with Gasteiger partial charge in [-0.2, -0.15) is 0 Å². The quantitative estimate of drug-likeness (QED) is 0.387. The normalized spacial score (nSPS) is 28.2. The van der Waals surface area contributed by atoms with Gasteiger partial charge in [-0.3, -0.25) is 4.98 Å². The van der Waals surface area contributed by atoms with Gasteiger partial charge in [0.15, 0.2) is 0 Å². The van der Waals surface area contributed by atoms with Gasteiger partial charge in [0.25, 0.3) is 0 Å². The van der Waals surface area contributed by atoms with Crippen molar-refractivity contribution < 1.29 is 4.74 Å². The van der Waals surface area contributed by atoms with E-state index in [4.69, 9.17) is 4.74 Å². The predicted molar refractivity (Wildman–Crippen MR) is 119 cm³/mol. The molecule has 2 fully saturated rings. The van der Waals surface area contributed by atoms with Crippen LogP contribution in [-0.2, 0) is 6.42 Å². The molecule has 2 saturated carbocycles. The molecular formula is C26H43NO. The second-order valence-electron chi connectivity index (χ2n) is 9.51. The van der Waals surface area contributed by atoms with Crippen molar-refractivity contribution in [3.05, 3.63) is 24.0 Å². The van der Waals surface area contributed by atoms with Crippen LogP contribution in [0.5, 0.6) is 5.75 Å². The maximum absolute atomic E-state index is 5.49. The van der Waals surface area contributed by atoms with E-state index in [2.05, 4.69) is 24.0 Å². The molecule has 1 aromatic rings. The maximum Gasteiger partial charge on any atom is 0.137 e. The zero-order valence-electron chi connectivity index (χ0n) is 18.5. The standard InChI is InChI=1S/C26H43NO/c1-3-5-6-7-21-8-13-23(14-9-21)24-15-10-22(11-16-24)12-17-25-18-19-26(20-27-25)28-4-2/h18-24H,3-17H2,1-2H3. The molecule has 3 rings (SSSR count). The van der Waals surface area contributed by atoms with E-state index < -0.39 is 0 Å². The molecule has 1 aromatic heterocycles. The summed E-state index contributed by atoms with van der Waals surface area (Å²) in [5.41, 5.74) is 1.23. The van der Waals surface area contributed by atoms with Gasteiger partial charge in [-0.05, 0) is 81.3 Å². The van der Waals surface area contributed by atoms with Crippen molar-refractivity contribution in [1.29, 1.82) is 0 Å². The Balaban J connectivity index is 1.31. The molecule has 0 amide bonds. The number of aromatic nitrogens is 1. The highest BCUT2D eigenvalue weighted by atomic mass is 16.5. The minimum atomic E-state index is 0.713. The van der Waals surface area contributed by atoms with Gasteiger partial charge in [-0.1, -0.05) is 58.3 Å². The van der Waals surface area contributed by atoms with Gasteiger partial charge in [0.1, 0.15) is 5.75 Å². The molecule has 0 bridgehead atoms. The van der Waals surface area contributed by atoms with E-state index in [1.165, 1.54) is 89.2 Å². The van der Waals surface area contributed by atoms with Crippen LogP contribution in [0.3, 0.4) is 0 Å². The fraction of sp³-hybridized carbons (Fsp3) is 0.808. The second kappa shape index (κ2) is 11.8. The average molecular weight is 386 g/mol. The first-order valence-corrected chi connectivity index (χ1v) is 12.4. The lowest BCUT2D eigenvalue weighted by molar-refractivity contribution is 0.140. The summed E-state index contributed by atoms with van der Waals surface area (Å²) in [6, 6.07) is 4.22. The lowest BCUT2D eigenvalue weighted by Gasteiger charge is -2.38. The minimum Gasteiger partial charge on any atom is -0.492 e. The van der Waals surface area contributed by atoms with Gasteiger partial charge in [0.2, 0.25) is 0 Å². The Morgan fingerprint density at radius 2 is 1.46 bits per heavy atom. The number of aryl methyl sites for hydroxylation is 1. The molecular weight excluding hydrogens is 342 g/mol. The largest absolute Gasteiger partial charge is 0.492 e. The van der Waals surface area contributed by atoms with Crippen LogP contribution in [0, 0.1) is 23.7 Å². The number of hydrogen-bond acceptors (Lipinski definition) is 2. The fourth-order valence-electron chi connectivity index (χ4n) is 5.74. The molecule has 0 N–H and O–H groups in total. The van der Waals surface area contributed by atoms with Gasteiger partial charge in [-0.25, -0.2) is 0 Å². The zero-order chi connectivity index (χ0) is 19.6. The number of rotatable bonds is 10. The third-order valence-corrected chi connectivity index (χ3v) is 7.58. The SMILES string of the molecule is CCCCCC1CCC(C2CCC(CCc3ccc(OCC)cn3)CC2)CC1. The highest BCUT2D eigenvalue weighted by Crippen LogP contribution is 2.43. The molecule has 0 spiro atoms. The van der Waals surface area contributed by atoms with Gasteiger partial charge in [0.05, 0.1) is 12.8 Å². The Kier molecular flexibility index (Phi) is 9.15. The number of pyridine rings is 1. The summed E-state index contributed by atoms with van der Waals surface area (Å²) in [5, 5.41) is 0. The molecule has 2 heteroatoms. The Morgan fingerprint density at radius 1 is 0.821 bits per heavy atom. The smallest absolute Gasteiger partial charge is 0.137 e. The van der Waals surface area contributed by atoms with E-state index in [0.29, 0.717) is 6.61 Å². The summed E-state index contributed by atoms with van der Waals surface area (Å²) < 4.78 is 5.49. The third-order valence-electron chi connectivity index (χ3n) is 7.58. The zero-order valence-corrected chi connectivity index (χ0v) is 18.5. The van der Waals surface area contributed by atoms with Crippen LogP contribution in [0.15, 0.2) is 18.3 Å². The first-order valence-electron chi connectivity index (χ1n) is 12.4. The predicted octanol–water partition coefficient (Wildman–Crippen LogP) is 7.61. The van der Waals surface area contributed by atoms with Gasteiger partial charge >= 0.3 is 0 Å². The number of unbranched alkanes of at least 4 members (excludes halogenated alkanes) is 2. The molecule has 28 heavy (non-hydrogen) atoms. The topological polar surface area (TPSA) is 22.1 Å². The highest BCUT2D eigenvalue weighted by Gasteiger charge is 2.30. The molecule has 0 atom stereocenters. The van der Waals surface area contributed by atoms with Crippen molar-refractivity contribution in [2.24, 2.45) is 23.7 Å². The monoisotopic (exact) mass is 385 g/mol. The summed E-state index contributed by atoms with van der Waals surface area (Å²) in [5.74, 6) is 4.97. The van der Waals surface area contributed by atoms with Crippen molar-refractivity contribution in [2.45, 2.75) is 104 Å². The summed E-state index contributed by atoms with van der Waals surface area (Å²) in [7, 11) is 0. The molecule has 2 aliphatic rings. The molecule has 2 nitrogen and oxygen atoms in total. The highest BCUT2D eigenvalue weighted by molar-refractivity contribution is 5.19. The first kappa shape index (κ1) is 21.7. The van der Waals surface area contributed by atoms with Crippen LogP contribution in [-0.4, -0.2) is 11.6 Å². The molecule has 0 aliphatic heterocycles. The molecule has 158 valence electrons. The summed E-state index contributed by atoms with van der Waals surface area (Å²) >= 11 is 0. The minimum absolute atomic E-state index is 0.713. The van der Waals surface area contributed by atoms with Gasteiger partial charge < -0.3 is 4.74 Å². The van der Waals surface area contributed by atoms with Crippen molar-refractivity contribution >= 4 is 0 Å². The molecule has 2 aliphatic carbocycles. The molecule has 0 aromatic carbocycles. The summed E-state index contributed by atoms with van der Waals surface area (Å²) in [4.78, 5) is 4.58. The second-order valence-corrected chi connectivity index (χ2v) is 9.51. The molecule has 0 saturated heterocycles. The summed E-state index contributed by atoms with van der Waals surface area (Å²) in [6.45, 7) is 5.05. The number of hydrogen-bond donors (Lipinski definition) is 0. The lowest BCUT2D eigenvalue weighted by atomic mass is 9.68. The van der Waals surface area contributed by atoms with E-state index in [-0.39, 0.29) is 0 Å². The maximum atomic E-state index is 5.49. The van der Waals surface area contributed by atoms with Crippen LogP contribution in [0.2, 0.25) is 0 Å². The van der Waals surface area contributed by atoms with E-state index in [1.807, 2.05) is 13.1 Å². The fourth-order valence-corrected chi connectivity index (χ4v) is 5.74. The van der Waals surface area contributed by atoms with Crippen molar-refractivity contribution in [2.75, 3.05) is 6.61 Å². The number of nitrogens with zero attached hydrogens (tertiary/aromatic N) is 1. The van der Waals surface area contributed by atoms with Crippen molar-refractivity contribution in [3.8, 4) is 5.75 Å². The third kappa shape index (κ3) is 6.78. The average Bonchev–Trinajstić information content (AvgIpc) is 2.75. The van der Waals surface area contributed by atoms with Gasteiger partial charge in [0, 0.05) is 5.69 Å². The van der Waals surface area contributed by atoms with Crippen LogP contribution in [0.4, 0.5) is 0 Å². The van der Waals surface area contributed by atoms with E-state index in [0.717, 1.165) is 35.8 Å². The Bertz CT molecular complexity index is 524. The van der Waals surface area contributed by atoms with E-state index in [9.17, 15) is 0 Å².